The van der Waals surface area contributed by atoms with Crippen LogP contribution in [0.25, 0.3) is 0 Å². The molecule has 1 aliphatic rings. The Bertz CT molecular complexity index is 702. The lowest BCUT2D eigenvalue weighted by molar-refractivity contribution is -0.154. The maximum absolute atomic E-state index is 11.7. The molecule has 0 heterocycles. The van der Waals surface area contributed by atoms with Crippen LogP contribution in [0.4, 0.5) is 0 Å². The Kier molecular flexibility index (Phi) is 10.5. The van der Waals surface area contributed by atoms with Crippen molar-refractivity contribution in [2.24, 2.45) is 11.8 Å². The minimum atomic E-state index is -0.489. The summed E-state index contributed by atoms with van der Waals surface area (Å²) in [5.41, 5.74) is 0.805. The van der Waals surface area contributed by atoms with Crippen LogP contribution in [-0.4, -0.2) is 34.0 Å². The van der Waals surface area contributed by atoms with Crippen molar-refractivity contribution in [3.8, 4) is 0 Å². The van der Waals surface area contributed by atoms with E-state index in [1.165, 1.54) is 5.56 Å². The normalized spacial score (nSPS) is 22.9. The number of benzene rings is 1. The van der Waals surface area contributed by atoms with E-state index in [1.54, 1.807) is 0 Å². The van der Waals surface area contributed by atoms with Gasteiger partial charge in [0, 0.05) is 12.3 Å². The molecule has 0 amide bonds. The van der Waals surface area contributed by atoms with E-state index < -0.39 is 11.7 Å². The molecule has 0 aliphatic heterocycles. The van der Waals surface area contributed by atoms with Crippen LogP contribution in [0.2, 0.25) is 0 Å². The van der Waals surface area contributed by atoms with E-state index in [-0.39, 0.29) is 18.0 Å². The lowest BCUT2D eigenvalue weighted by Crippen LogP contribution is -2.23. The Labute approximate surface area is 188 Å². The van der Waals surface area contributed by atoms with Crippen LogP contribution in [0.1, 0.15) is 71.3 Å². The summed E-state index contributed by atoms with van der Waals surface area (Å²) < 4.78 is 5.32. The largest absolute Gasteiger partial charge is 0.460 e. The third-order valence-corrected chi connectivity index (χ3v) is 5.73. The van der Waals surface area contributed by atoms with Crippen LogP contribution in [-0.2, 0) is 16.0 Å². The molecule has 1 aromatic rings. The SMILES string of the molecule is CC(C)(C)OC(=O)CCC/C=C\C[C@H]1CC[C@@H](O)C1/C=C/[C@H](O)CCc1ccccc1. The predicted octanol–water partition coefficient (Wildman–Crippen LogP) is 5.38. The Morgan fingerprint density at radius 1 is 1.19 bits per heavy atom. The molecule has 4 heteroatoms. The number of carbonyl (C=O) groups excluding carboxylic acids is 1. The summed E-state index contributed by atoms with van der Waals surface area (Å²) in [7, 11) is 0. The van der Waals surface area contributed by atoms with Crippen LogP contribution in [0.5, 0.6) is 0 Å². The predicted molar refractivity (Wildman–Crippen MR) is 126 cm³/mol. The Balaban J connectivity index is 1.70. The summed E-state index contributed by atoms with van der Waals surface area (Å²) in [6.07, 6.45) is 13.7. The van der Waals surface area contributed by atoms with E-state index >= 15 is 0 Å². The van der Waals surface area contributed by atoms with Crippen molar-refractivity contribution < 1.29 is 19.7 Å². The number of aryl methyl sites for hydroxylation is 1. The molecule has 0 spiro atoms. The van der Waals surface area contributed by atoms with Crippen LogP contribution >= 0.6 is 0 Å². The van der Waals surface area contributed by atoms with Gasteiger partial charge in [-0.3, -0.25) is 4.79 Å². The molecule has 2 N–H and O–H groups in total. The molecule has 4 nitrogen and oxygen atoms in total. The van der Waals surface area contributed by atoms with Gasteiger partial charge >= 0.3 is 5.97 Å². The van der Waals surface area contributed by atoms with Crippen molar-refractivity contribution in [2.45, 2.75) is 89.9 Å². The molecule has 31 heavy (non-hydrogen) atoms. The van der Waals surface area contributed by atoms with Gasteiger partial charge in [0.2, 0.25) is 0 Å². The molecule has 2 rings (SSSR count). The van der Waals surface area contributed by atoms with Crippen molar-refractivity contribution >= 4 is 5.97 Å². The second-order valence-corrected chi connectivity index (χ2v) is 9.64. The van der Waals surface area contributed by atoms with Crippen molar-refractivity contribution in [1.82, 2.24) is 0 Å². The molecule has 4 atom stereocenters. The minimum absolute atomic E-state index is 0.0952. The number of carbonyl (C=O) groups is 1. The first-order valence-corrected chi connectivity index (χ1v) is 11.7. The fraction of sp³-hybridized carbons (Fsp3) is 0.593. The van der Waals surface area contributed by atoms with Gasteiger partial charge in [-0.1, -0.05) is 54.6 Å². The van der Waals surface area contributed by atoms with E-state index in [0.717, 1.165) is 38.5 Å². The molecule has 0 radical (unpaired) electrons. The van der Waals surface area contributed by atoms with E-state index in [9.17, 15) is 15.0 Å². The number of aliphatic hydroxyl groups excluding tert-OH is 2. The van der Waals surface area contributed by atoms with Crippen LogP contribution < -0.4 is 0 Å². The highest BCUT2D eigenvalue weighted by Crippen LogP contribution is 2.36. The summed E-state index contributed by atoms with van der Waals surface area (Å²) in [4.78, 5) is 11.7. The molecular weight excluding hydrogens is 388 g/mol. The van der Waals surface area contributed by atoms with E-state index in [0.29, 0.717) is 18.8 Å². The highest BCUT2D eigenvalue weighted by atomic mass is 16.6. The van der Waals surface area contributed by atoms with Gasteiger partial charge < -0.3 is 14.9 Å². The zero-order valence-electron chi connectivity index (χ0n) is 19.4. The second-order valence-electron chi connectivity index (χ2n) is 9.64. The number of hydrogen-bond donors (Lipinski definition) is 2. The third-order valence-electron chi connectivity index (χ3n) is 5.73. The van der Waals surface area contributed by atoms with E-state index in [1.807, 2.05) is 51.1 Å². The van der Waals surface area contributed by atoms with Gasteiger partial charge in [-0.05, 0) is 77.2 Å². The monoisotopic (exact) mass is 428 g/mol. The van der Waals surface area contributed by atoms with Crippen LogP contribution in [0.3, 0.4) is 0 Å². The summed E-state index contributed by atoms with van der Waals surface area (Å²) >= 11 is 0. The van der Waals surface area contributed by atoms with Crippen molar-refractivity contribution in [3.05, 3.63) is 60.2 Å². The van der Waals surface area contributed by atoms with Gasteiger partial charge in [-0.2, -0.15) is 0 Å². The number of unbranched alkanes of at least 4 members (excludes halogenated alkanes) is 1. The molecule has 0 saturated heterocycles. The Morgan fingerprint density at radius 3 is 2.65 bits per heavy atom. The van der Waals surface area contributed by atoms with Crippen molar-refractivity contribution in [1.29, 1.82) is 0 Å². The molecule has 1 saturated carbocycles. The quantitative estimate of drug-likeness (QED) is 0.282. The van der Waals surface area contributed by atoms with Crippen molar-refractivity contribution in [2.75, 3.05) is 0 Å². The number of ether oxygens (including phenoxy) is 1. The maximum Gasteiger partial charge on any atom is 0.306 e. The van der Waals surface area contributed by atoms with Gasteiger partial charge in [0.05, 0.1) is 12.2 Å². The number of aliphatic hydroxyl groups is 2. The number of allylic oxidation sites excluding steroid dienone is 2. The fourth-order valence-electron chi connectivity index (χ4n) is 4.10. The smallest absolute Gasteiger partial charge is 0.306 e. The number of hydrogen-bond acceptors (Lipinski definition) is 4. The summed E-state index contributed by atoms with van der Waals surface area (Å²) in [6, 6.07) is 10.2. The molecule has 1 fully saturated rings. The highest BCUT2D eigenvalue weighted by Gasteiger charge is 2.32. The van der Waals surface area contributed by atoms with Gasteiger partial charge in [0.25, 0.3) is 0 Å². The Morgan fingerprint density at radius 2 is 1.94 bits per heavy atom. The third kappa shape index (κ3) is 10.3. The Hall–Kier alpha value is -1.91. The molecule has 0 aromatic heterocycles. The molecule has 1 aliphatic carbocycles. The van der Waals surface area contributed by atoms with Gasteiger partial charge in [-0.15, -0.1) is 0 Å². The zero-order valence-corrected chi connectivity index (χ0v) is 19.4. The van der Waals surface area contributed by atoms with Crippen LogP contribution in [0, 0.1) is 11.8 Å². The maximum atomic E-state index is 11.7. The average Bonchev–Trinajstić information content (AvgIpc) is 3.06. The highest BCUT2D eigenvalue weighted by molar-refractivity contribution is 5.69. The first-order valence-electron chi connectivity index (χ1n) is 11.7. The standard InChI is InChI=1S/C27H40O4/c1-27(2,3)31-26(30)14-10-5-4-9-13-22-16-20-25(29)24(22)19-18-23(28)17-15-21-11-7-6-8-12-21/h4,6-9,11-12,18-19,22-25,28-29H,5,10,13-17,20H2,1-3H3/b9-4-,19-18+/t22-,23+,24?,25+/m0/s1. The molecule has 0 bridgehead atoms. The molecule has 1 unspecified atom stereocenters. The first-order chi connectivity index (χ1) is 14.7. The van der Waals surface area contributed by atoms with Gasteiger partial charge in [0.15, 0.2) is 0 Å². The summed E-state index contributed by atoms with van der Waals surface area (Å²) in [5, 5.41) is 20.7. The van der Waals surface area contributed by atoms with E-state index in [2.05, 4.69) is 24.3 Å². The van der Waals surface area contributed by atoms with E-state index in [4.69, 9.17) is 4.74 Å². The first kappa shape index (κ1) is 25.4. The lowest BCUT2D eigenvalue weighted by Gasteiger charge is -2.19. The van der Waals surface area contributed by atoms with Crippen molar-refractivity contribution in [3.63, 3.8) is 0 Å². The average molecular weight is 429 g/mol. The summed E-state index contributed by atoms with van der Waals surface area (Å²) in [5.74, 6) is 0.350. The summed E-state index contributed by atoms with van der Waals surface area (Å²) in [6.45, 7) is 5.65. The van der Waals surface area contributed by atoms with Crippen LogP contribution in [0.15, 0.2) is 54.6 Å². The number of rotatable bonds is 11. The topological polar surface area (TPSA) is 66.8 Å². The molecule has 172 valence electrons. The minimum Gasteiger partial charge on any atom is -0.460 e. The van der Waals surface area contributed by atoms with Gasteiger partial charge in [-0.25, -0.2) is 0 Å². The molecule has 1 aromatic carbocycles. The zero-order chi connectivity index (χ0) is 22.7. The number of esters is 1. The second kappa shape index (κ2) is 12.8. The fourth-order valence-corrected chi connectivity index (χ4v) is 4.10. The lowest BCUT2D eigenvalue weighted by atomic mass is 9.90. The van der Waals surface area contributed by atoms with Gasteiger partial charge in [0.1, 0.15) is 5.60 Å². The molecular formula is C27H40O4.